The average Bonchev–Trinajstić information content (AvgIpc) is 3.07. The highest BCUT2D eigenvalue weighted by Crippen LogP contribution is 2.41. The maximum absolute atomic E-state index is 5.82. The number of fused-ring (bicyclic) bond motifs is 2. The number of rotatable bonds is 2. The molecule has 1 saturated carbocycles. The van der Waals surface area contributed by atoms with E-state index in [4.69, 9.17) is 5.73 Å². The Labute approximate surface area is 119 Å². The second kappa shape index (κ2) is 4.74. The number of pyridine rings is 1. The first-order valence-electron chi connectivity index (χ1n) is 7.69. The fourth-order valence-corrected chi connectivity index (χ4v) is 4.01. The molecule has 0 amide bonds. The van der Waals surface area contributed by atoms with Crippen LogP contribution in [0.3, 0.4) is 0 Å². The molecule has 2 aliphatic rings. The lowest BCUT2D eigenvalue weighted by molar-refractivity contribution is 0.494. The summed E-state index contributed by atoms with van der Waals surface area (Å²) in [6.45, 7) is 2.93. The summed E-state index contributed by atoms with van der Waals surface area (Å²) in [6.07, 6.45) is 4.25. The Morgan fingerprint density at radius 2 is 1.90 bits per heavy atom. The molecule has 3 heteroatoms. The maximum Gasteiger partial charge on any atom is 0.0726 e. The van der Waals surface area contributed by atoms with Gasteiger partial charge in [-0.25, -0.2) is 0 Å². The molecule has 20 heavy (non-hydrogen) atoms. The molecule has 2 aromatic rings. The van der Waals surface area contributed by atoms with E-state index in [1.807, 2.05) is 0 Å². The summed E-state index contributed by atoms with van der Waals surface area (Å²) in [5, 5.41) is 1.27. The van der Waals surface area contributed by atoms with Gasteiger partial charge in [0, 0.05) is 30.7 Å². The number of benzene rings is 1. The summed E-state index contributed by atoms with van der Waals surface area (Å²) in [5.41, 5.74) is 9.23. The zero-order chi connectivity index (χ0) is 13.5. The lowest BCUT2D eigenvalue weighted by Gasteiger charge is -2.22. The Bertz CT molecular complexity index is 625. The van der Waals surface area contributed by atoms with Gasteiger partial charge in [-0.3, -0.25) is 4.98 Å². The van der Waals surface area contributed by atoms with Crippen molar-refractivity contribution in [2.75, 3.05) is 18.0 Å². The lowest BCUT2D eigenvalue weighted by atomic mass is 10.0. The van der Waals surface area contributed by atoms with E-state index in [9.17, 15) is 0 Å². The SMILES string of the molecule is NCc1cc(N2CC3CCCC3C2)c2ccccc2n1. The molecule has 0 spiro atoms. The van der Waals surface area contributed by atoms with Crippen molar-refractivity contribution in [3.63, 3.8) is 0 Å². The predicted molar refractivity (Wildman–Crippen MR) is 82.7 cm³/mol. The van der Waals surface area contributed by atoms with Gasteiger partial charge in [-0.05, 0) is 36.8 Å². The first-order valence-corrected chi connectivity index (χ1v) is 7.69. The third-order valence-electron chi connectivity index (χ3n) is 5.02. The van der Waals surface area contributed by atoms with Crippen molar-refractivity contribution in [3.8, 4) is 0 Å². The van der Waals surface area contributed by atoms with Crippen molar-refractivity contribution in [2.45, 2.75) is 25.8 Å². The number of anilines is 1. The molecule has 0 bridgehead atoms. The average molecular weight is 267 g/mol. The Morgan fingerprint density at radius 3 is 2.65 bits per heavy atom. The van der Waals surface area contributed by atoms with Gasteiger partial charge in [0.25, 0.3) is 0 Å². The normalized spacial score (nSPS) is 25.4. The lowest BCUT2D eigenvalue weighted by Crippen LogP contribution is -2.21. The zero-order valence-corrected chi connectivity index (χ0v) is 11.8. The molecule has 2 atom stereocenters. The van der Waals surface area contributed by atoms with Crippen LogP contribution in [0.15, 0.2) is 30.3 Å². The van der Waals surface area contributed by atoms with E-state index >= 15 is 0 Å². The Hall–Kier alpha value is -1.61. The highest BCUT2D eigenvalue weighted by atomic mass is 15.2. The van der Waals surface area contributed by atoms with Gasteiger partial charge in [0.2, 0.25) is 0 Å². The summed E-state index contributed by atoms with van der Waals surface area (Å²) in [5.74, 6) is 1.81. The minimum absolute atomic E-state index is 0.512. The topological polar surface area (TPSA) is 42.1 Å². The summed E-state index contributed by atoms with van der Waals surface area (Å²) < 4.78 is 0. The van der Waals surface area contributed by atoms with Crippen LogP contribution in [0.4, 0.5) is 5.69 Å². The third kappa shape index (κ3) is 1.88. The van der Waals surface area contributed by atoms with Gasteiger partial charge in [-0.15, -0.1) is 0 Å². The van der Waals surface area contributed by atoms with Crippen molar-refractivity contribution in [1.29, 1.82) is 0 Å². The molecule has 4 rings (SSSR count). The van der Waals surface area contributed by atoms with E-state index in [-0.39, 0.29) is 0 Å². The van der Waals surface area contributed by atoms with Gasteiger partial charge in [0.1, 0.15) is 0 Å². The molecule has 104 valence electrons. The number of hydrogen-bond donors (Lipinski definition) is 1. The highest BCUT2D eigenvalue weighted by molar-refractivity contribution is 5.92. The molecular weight excluding hydrogens is 246 g/mol. The number of aromatic nitrogens is 1. The van der Waals surface area contributed by atoms with E-state index in [2.05, 4.69) is 40.2 Å². The van der Waals surface area contributed by atoms with Crippen LogP contribution in [0.5, 0.6) is 0 Å². The minimum Gasteiger partial charge on any atom is -0.370 e. The van der Waals surface area contributed by atoms with E-state index in [1.54, 1.807) is 0 Å². The Balaban J connectivity index is 1.78. The van der Waals surface area contributed by atoms with Gasteiger partial charge in [0.15, 0.2) is 0 Å². The van der Waals surface area contributed by atoms with Gasteiger partial charge in [0.05, 0.1) is 11.2 Å². The van der Waals surface area contributed by atoms with E-state index in [0.717, 1.165) is 23.0 Å². The number of nitrogens with zero attached hydrogens (tertiary/aromatic N) is 2. The van der Waals surface area contributed by atoms with E-state index in [1.165, 1.54) is 43.4 Å². The van der Waals surface area contributed by atoms with Gasteiger partial charge in [-0.2, -0.15) is 0 Å². The number of para-hydroxylation sites is 1. The van der Waals surface area contributed by atoms with Gasteiger partial charge in [-0.1, -0.05) is 24.6 Å². The second-order valence-corrected chi connectivity index (χ2v) is 6.21. The van der Waals surface area contributed by atoms with Crippen LogP contribution in [-0.4, -0.2) is 18.1 Å². The van der Waals surface area contributed by atoms with Crippen LogP contribution in [0.1, 0.15) is 25.0 Å². The maximum atomic E-state index is 5.82. The Kier molecular flexibility index (Phi) is 2.88. The quantitative estimate of drug-likeness (QED) is 0.909. The van der Waals surface area contributed by atoms with Crippen LogP contribution in [-0.2, 0) is 6.54 Å². The summed E-state index contributed by atoms with van der Waals surface area (Å²) in [4.78, 5) is 7.21. The standard InChI is InChI=1S/C17H21N3/c18-9-14-8-17(15-6-1-2-7-16(15)19-14)20-10-12-4-3-5-13(12)11-20/h1-2,6-8,12-13H,3-5,9-11,18H2. The van der Waals surface area contributed by atoms with Crippen molar-refractivity contribution >= 4 is 16.6 Å². The first-order chi connectivity index (χ1) is 9.85. The third-order valence-corrected chi connectivity index (χ3v) is 5.02. The molecule has 2 fully saturated rings. The smallest absolute Gasteiger partial charge is 0.0726 e. The molecule has 2 heterocycles. The van der Waals surface area contributed by atoms with Crippen LogP contribution >= 0.6 is 0 Å². The van der Waals surface area contributed by atoms with Crippen LogP contribution in [0, 0.1) is 11.8 Å². The summed E-state index contributed by atoms with van der Waals surface area (Å²) >= 11 is 0. The largest absolute Gasteiger partial charge is 0.370 e. The van der Waals surface area contributed by atoms with Gasteiger partial charge < -0.3 is 10.6 Å². The number of hydrogen-bond acceptors (Lipinski definition) is 3. The Morgan fingerprint density at radius 1 is 1.15 bits per heavy atom. The molecule has 1 aliphatic heterocycles. The van der Waals surface area contributed by atoms with E-state index in [0.29, 0.717) is 6.54 Å². The van der Waals surface area contributed by atoms with Crippen molar-refractivity contribution in [1.82, 2.24) is 4.98 Å². The van der Waals surface area contributed by atoms with Crippen molar-refractivity contribution < 1.29 is 0 Å². The minimum atomic E-state index is 0.512. The molecular formula is C17H21N3. The van der Waals surface area contributed by atoms with Crippen LogP contribution in [0.2, 0.25) is 0 Å². The molecule has 0 radical (unpaired) electrons. The van der Waals surface area contributed by atoms with Crippen molar-refractivity contribution in [2.24, 2.45) is 17.6 Å². The fraction of sp³-hybridized carbons (Fsp3) is 0.471. The molecule has 1 aliphatic carbocycles. The first kappa shape index (κ1) is 12.2. The number of nitrogens with two attached hydrogens (primary N) is 1. The summed E-state index contributed by atoms with van der Waals surface area (Å²) in [6, 6.07) is 10.6. The van der Waals surface area contributed by atoms with Crippen LogP contribution < -0.4 is 10.6 Å². The molecule has 1 saturated heterocycles. The molecule has 1 aromatic heterocycles. The monoisotopic (exact) mass is 267 g/mol. The van der Waals surface area contributed by atoms with Gasteiger partial charge >= 0.3 is 0 Å². The molecule has 1 aromatic carbocycles. The second-order valence-electron chi connectivity index (χ2n) is 6.21. The van der Waals surface area contributed by atoms with Crippen LogP contribution in [0.25, 0.3) is 10.9 Å². The fourth-order valence-electron chi connectivity index (χ4n) is 4.01. The summed E-state index contributed by atoms with van der Waals surface area (Å²) in [7, 11) is 0. The van der Waals surface area contributed by atoms with Crippen molar-refractivity contribution in [3.05, 3.63) is 36.0 Å². The molecule has 2 unspecified atom stereocenters. The highest BCUT2D eigenvalue weighted by Gasteiger charge is 2.36. The van der Waals surface area contributed by atoms with E-state index < -0.39 is 0 Å². The predicted octanol–water partition coefficient (Wildman–Crippen LogP) is 2.93. The zero-order valence-electron chi connectivity index (χ0n) is 11.8. The molecule has 2 N–H and O–H groups in total. The molecule has 3 nitrogen and oxygen atoms in total.